The topological polar surface area (TPSA) is 20.2 Å². The third-order valence-corrected chi connectivity index (χ3v) is 4.99. The quantitative estimate of drug-likeness (QED) is 0.655. The molecule has 23 heavy (non-hydrogen) atoms. The van der Waals surface area contributed by atoms with Gasteiger partial charge in [0.2, 0.25) is 0 Å². The molecule has 0 spiro atoms. The molecule has 0 radical (unpaired) electrons. The van der Waals surface area contributed by atoms with Crippen LogP contribution in [0.4, 0.5) is 0 Å². The van der Waals surface area contributed by atoms with Gasteiger partial charge < -0.3 is 5.11 Å². The number of phenols is 1. The summed E-state index contributed by atoms with van der Waals surface area (Å²) in [6, 6.07) is 26.5. The number of hydrogen-bond acceptors (Lipinski definition) is 1. The Hall–Kier alpha value is -2.25. The van der Waals surface area contributed by atoms with Gasteiger partial charge in [0.05, 0.1) is 0 Å². The largest absolute Gasteiger partial charge is 0.508 e. The molecule has 1 N–H and O–H groups in total. The molecule has 0 bridgehead atoms. The minimum Gasteiger partial charge on any atom is -0.508 e. The van der Waals surface area contributed by atoms with Crippen LogP contribution in [0.1, 0.15) is 34.4 Å². The predicted molar refractivity (Wildman–Crippen MR) is 94.2 cm³/mol. The summed E-state index contributed by atoms with van der Waals surface area (Å²) in [6.45, 7) is 0. The summed E-state index contributed by atoms with van der Waals surface area (Å²) in [5.74, 6) is 1.69. The molecule has 3 aromatic carbocycles. The molecule has 0 saturated heterocycles. The minimum absolute atomic E-state index is 0.314. The lowest BCUT2D eigenvalue weighted by Crippen LogP contribution is -1.83. The lowest BCUT2D eigenvalue weighted by Gasteiger charge is -2.01. The standard InChI is InChI=1S/C21H17ClO/c22-17-10-6-15(7-11-17)20-19(14-4-2-1-3-5-14)21(20)16-8-12-18(23)13-9-16/h1-13,19-21,23H. The molecule has 3 unspecified atom stereocenters. The first-order valence-electron chi connectivity index (χ1n) is 7.83. The maximum atomic E-state index is 9.54. The van der Waals surface area contributed by atoms with Crippen LogP contribution in [0.15, 0.2) is 78.9 Å². The Morgan fingerprint density at radius 3 is 1.52 bits per heavy atom. The summed E-state index contributed by atoms with van der Waals surface area (Å²) in [5.41, 5.74) is 3.96. The SMILES string of the molecule is Oc1ccc(C2C(c3ccccc3)C2c2ccc(Cl)cc2)cc1. The van der Waals surface area contributed by atoms with E-state index in [-0.39, 0.29) is 0 Å². The van der Waals surface area contributed by atoms with Crippen LogP contribution in [0, 0.1) is 0 Å². The first kappa shape index (κ1) is 14.3. The van der Waals surface area contributed by atoms with Crippen molar-refractivity contribution in [2.24, 2.45) is 0 Å². The Balaban J connectivity index is 1.72. The van der Waals surface area contributed by atoms with E-state index in [2.05, 4.69) is 42.5 Å². The van der Waals surface area contributed by atoms with Gasteiger partial charge in [0.1, 0.15) is 5.75 Å². The monoisotopic (exact) mass is 320 g/mol. The fraction of sp³-hybridized carbons (Fsp3) is 0.143. The highest BCUT2D eigenvalue weighted by Crippen LogP contribution is 2.66. The summed E-state index contributed by atoms with van der Waals surface area (Å²) in [7, 11) is 0. The van der Waals surface area contributed by atoms with E-state index in [0.29, 0.717) is 23.5 Å². The minimum atomic E-state index is 0.314. The molecule has 1 nitrogen and oxygen atoms in total. The molecule has 0 heterocycles. The molecule has 1 aliphatic carbocycles. The molecular formula is C21H17ClO. The van der Waals surface area contributed by atoms with E-state index in [1.165, 1.54) is 16.7 Å². The summed E-state index contributed by atoms with van der Waals surface area (Å²) in [6.07, 6.45) is 0. The molecular weight excluding hydrogens is 304 g/mol. The van der Waals surface area contributed by atoms with Crippen LogP contribution in [0.25, 0.3) is 0 Å². The summed E-state index contributed by atoms with van der Waals surface area (Å²) >= 11 is 6.03. The maximum absolute atomic E-state index is 9.54. The van der Waals surface area contributed by atoms with Crippen molar-refractivity contribution in [2.45, 2.75) is 17.8 Å². The summed E-state index contributed by atoms with van der Waals surface area (Å²) < 4.78 is 0. The number of rotatable bonds is 3. The lowest BCUT2D eigenvalue weighted by atomic mass is 10.0. The van der Waals surface area contributed by atoms with Crippen molar-refractivity contribution in [2.75, 3.05) is 0 Å². The number of halogens is 1. The van der Waals surface area contributed by atoms with Crippen LogP contribution in [0.2, 0.25) is 5.02 Å². The highest BCUT2D eigenvalue weighted by molar-refractivity contribution is 6.30. The zero-order valence-electron chi connectivity index (χ0n) is 12.6. The molecule has 2 heteroatoms. The van der Waals surface area contributed by atoms with Crippen molar-refractivity contribution in [3.05, 3.63) is 101 Å². The molecule has 0 aromatic heterocycles. The molecule has 4 rings (SSSR count). The van der Waals surface area contributed by atoms with Gasteiger partial charge >= 0.3 is 0 Å². The average molecular weight is 321 g/mol. The number of phenolic OH excluding ortho intramolecular Hbond substituents is 1. The molecule has 3 aromatic rings. The van der Waals surface area contributed by atoms with Crippen LogP contribution in [0.3, 0.4) is 0 Å². The second kappa shape index (κ2) is 5.75. The maximum Gasteiger partial charge on any atom is 0.115 e. The van der Waals surface area contributed by atoms with Gasteiger partial charge in [0.25, 0.3) is 0 Å². The van der Waals surface area contributed by atoms with E-state index in [4.69, 9.17) is 11.6 Å². The third kappa shape index (κ3) is 2.73. The van der Waals surface area contributed by atoms with Gasteiger partial charge in [-0.25, -0.2) is 0 Å². The van der Waals surface area contributed by atoms with E-state index in [1.807, 2.05) is 24.3 Å². The van der Waals surface area contributed by atoms with Crippen molar-refractivity contribution in [1.29, 1.82) is 0 Å². The Bertz CT molecular complexity index is 742. The molecule has 0 amide bonds. The fourth-order valence-electron chi connectivity index (χ4n) is 3.61. The van der Waals surface area contributed by atoms with Crippen LogP contribution >= 0.6 is 11.6 Å². The van der Waals surface area contributed by atoms with E-state index < -0.39 is 0 Å². The van der Waals surface area contributed by atoms with Crippen LogP contribution in [-0.4, -0.2) is 5.11 Å². The Labute approximate surface area is 141 Å². The zero-order chi connectivity index (χ0) is 15.8. The number of benzene rings is 3. The molecule has 0 aliphatic heterocycles. The van der Waals surface area contributed by atoms with E-state index in [1.54, 1.807) is 12.1 Å². The smallest absolute Gasteiger partial charge is 0.115 e. The van der Waals surface area contributed by atoms with E-state index >= 15 is 0 Å². The van der Waals surface area contributed by atoms with Crippen molar-refractivity contribution in [1.82, 2.24) is 0 Å². The van der Waals surface area contributed by atoms with Crippen molar-refractivity contribution in [3.63, 3.8) is 0 Å². The first-order valence-corrected chi connectivity index (χ1v) is 8.21. The van der Waals surface area contributed by atoms with Gasteiger partial charge in [-0.2, -0.15) is 0 Å². The van der Waals surface area contributed by atoms with Gasteiger partial charge in [-0.3, -0.25) is 0 Å². The van der Waals surface area contributed by atoms with Gasteiger partial charge in [0, 0.05) is 5.02 Å². The van der Waals surface area contributed by atoms with Crippen LogP contribution in [0.5, 0.6) is 5.75 Å². The van der Waals surface area contributed by atoms with Gasteiger partial charge in [-0.15, -0.1) is 0 Å². The fourth-order valence-corrected chi connectivity index (χ4v) is 3.74. The molecule has 1 aliphatic rings. The van der Waals surface area contributed by atoms with Gasteiger partial charge in [0.15, 0.2) is 0 Å². The average Bonchev–Trinajstić information content (AvgIpc) is 3.32. The second-order valence-electron chi connectivity index (χ2n) is 6.13. The van der Waals surface area contributed by atoms with E-state index in [0.717, 1.165) is 5.02 Å². The lowest BCUT2D eigenvalue weighted by molar-refractivity contribution is 0.475. The van der Waals surface area contributed by atoms with E-state index in [9.17, 15) is 5.11 Å². The van der Waals surface area contributed by atoms with Crippen LogP contribution in [-0.2, 0) is 0 Å². The van der Waals surface area contributed by atoms with Crippen molar-refractivity contribution >= 4 is 11.6 Å². The summed E-state index contributed by atoms with van der Waals surface area (Å²) in [4.78, 5) is 0. The number of hydrogen-bond donors (Lipinski definition) is 1. The zero-order valence-corrected chi connectivity index (χ0v) is 13.3. The van der Waals surface area contributed by atoms with Gasteiger partial charge in [-0.05, 0) is 58.7 Å². The molecule has 3 atom stereocenters. The third-order valence-electron chi connectivity index (χ3n) is 4.74. The van der Waals surface area contributed by atoms with Gasteiger partial charge in [-0.1, -0.05) is 66.2 Å². The first-order chi connectivity index (χ1) is 11.2. The normalized spacial score (nSPS) is 22.7. The molecule has 1 fully saturated rings. The molecule has 1 saturated carbocycles. The van der Waals surface area contributed by atoms with Crippen molar-refractivity contribution in [3.8, 4) is 5.75 Å². The molecule has 114 valence electrons. The van der Waals surface area contributed by atoms with Crippen molar-refractivity contribution < 1.29 is 5.11 Å². The Morgan fingerprint density at radius 2 is 1.00 bits per heavy atom. The second-order valence-corrected chi connectivity index (χ2v) is 6.57. The number of aromatic hydroxyl groups is 1. The predicted octanol–water partition coefficient (Wildman–Crippen LogP) is 5.71. The summed E-state index contributed by atoms with van der Waals surface area (Å²) in [5, 5.41) is 10.3. The Morgan fingerprint density at radius 1 is 0.565 bits per heavy atom. The van der Waals surface area contributed by atoms with Crippen LogP contribution < -0.4 is 0 Å². The Kier molecular flexibility index (Phi) is 3.59. The highest BCUT2D eigenvalue weighted by atomic mass is 35.5. The highest BCUT2D eigenvalue weighted by Gasteiger charge is 2.52.